The minimum absolute atomic E-state index is 0.0870. The van der Waals surface area contributed by atoms with Gasteiger partial charge >= 0.3 is 0 Å². The minimum Gasteiger partial charge on any atom is -0.507 e. The van der Waals surface area contributed by atoms with Crippen LogP contribution in [-0.2, 0) is 17.8 Å². The third-order valence-electron chi connectivity index (χ3n) is 5.11. The Balaban J connectivity index is 1.47. The summed E-state index contributed by atoms with van der Waals surface area (Å²) in [6, 6.07) is 9.45. The number of aromatic nitrogens is 2. The van der Waals surface area contributed by atoms with Crippen LogP contribution in [0.2, 0.25) is 5.02 Å². The van der Waals surface area contributed by atoms with Crippen molar-refractivity contribution in [2.24, 2.45) is 0 Å². The predicted octanol–water partition coefficient (Wildman–Crippen LogP) is 3.22. The van der Waals surface area contributed by atoms with E-state index in [2.05, 4.69) is 31.4 Å². The number of nitrogens with one attached hydrogen (secondary N) is 2. The lowest BCUT2D eigenvalue weighted by atomic mass is 10.00. The van der Waals surface area contributed by atoms with E-state index in [0.29, 0.717) is 29.8 Å². The number of nitrogens with zero attached hydrogens (tertiary/aromatic N) is 2. The number of aromatic amines is 1. The Morgan fingerprint density at radius 2 is 1.94 bits per heavy atom. The molecule has 0 unspecified atom stereocenters. The third kappa shape index (κ3) is 4.38. The van der Waals surface area contributed by atoms with Crippen molar-refractivity contribution in [3.63, 3.8) is 0 Å². The fourth-order valence-electron chi connectivity index (χ4n) is 3.44. The van der Waals surface area contributed by atoms with Gasteiger partial charge in [-0.15, -0.1) is 0 Å². The molecule has 0 saturated carbocycles. The first kappa shape index (κ1) is 21.2. The van der Waals surface area contributed by atoms with Crippen molar-refractivity contribution < 1.29 is 19.8 Å². The second kappa shape index (κ2) is 8.60. The summed E-state index contributed by atoms with van der Waals surface area (Å²) in [5, 5.41) is 29.9. The highest BCUT2D eigenvalue weighted by molar-refractivity contribution is 9.10. The number of hydrogen-bond donors (Lipinski definition) is 4. The van der Waals surface area contributed by atoms with E-state index in [9.17, 15) is 19.8 Å². The molecule has 2 amide bonds. The number of benzene rings is 2. The van der Waals surface area contributed by atoms with Crippen LogP contribution in [0.25, 0.3) is 11.3 Å². The van der Waals surface area contributed by atoms with Gasteiger partial charge in [-0.05, 0) is 30.3 Å². The average Bonchev–Trinajstić information content (AvgIpc) is 3.18. The first-order chi connectivity index (χ1) is 14.8. The maximum absolute atomic E-state index is 12.7. The Hall–Kier alpha value is -3.04. The zero-order valence-corrected chi connectivity index (χ0v) is 18.5. The number of carbonyl (C=O) groups excluding carboxylic acids is 2. The summed E-state index contributed by atoms with van der Waals surface area (Å²) in [5.41, 5.74) is 2.91. The van der Waals surface area contributed by atoms with Crippen molar-refractivity contribution in [2.45, 2.75) is 13.0 Å². The maximum Gasteiger partial charge on any atom is 0.251 e. The molecular weight excluding hydrogens is 488 g/mol. The van der Waals surface area contributed by atoms with Gasteiger partial charge in [0.05, 0.1) is 11.6 Å². The Kier molecular flexibility index (Phi) is 5.88. The standard InChI is InChI=1S/C21H18BrClN4O4/c22-12-3-1-11(2-4-12)21(31)24-9-19(30)27-6-5-16-14(10-27)20(26-25-16)13-7-15(23)18(29)8-17(13)28/h1-4,7-8,28-29H,5-6,9-10H2,(H,24,31)(H,25,26). The molecule has 0 spiro atoms. The number of phenolic OH excluding ortho intramolecular Hbond substituents is 2. The first-order valence-corrected chi connectivity index (χ1v) is 10.6. The monoisotopic (exact) mass is 504 g/mol. The molecule has 1 aromatic heterocycles. The van der Waals surface area contributed by atoms with E-state index in [0.717, 1.165) is 21.8 Å². The number of halogens is 2. The van der Waals surface area contributed by atoms with E-state index in [1.165, 1.54) is 6.07 Å². The van der Waals surface area contributed by atoms with Gasteiger partial charge in [-0.3, -0.25) is 14.7 Å². The molecule has 31 heavy (non-hydrogen) atoms. The molecule has 0 atom stereocenters. The molecule has 8 nitrogen and oxygen atoms in total. The predicted molar refractivity (Wildman–Crippen MR) is 118 cm³/mol. The summed E-state index contributed by atoms with van der Waals surface area (Å²) >= 11 is 9.31. The van der Waals surface area contributed by atoms with Gasteiger partial charge in [0, 0.05) is 52.4 Å². The highest BCUT2D eigenvalue weighted by atomic mass is 79.9. The van der Waals surface area contributed by atoms with Crippen molar-refractivity contribution in [3.8, 4) is 22.8 Å². The minimum atomic E-state index is -0.328. The number of rotatable bonds is 4. The molecule has 2 heterocycles. The molecule has 3 aromatic rings. The van der Waals surface area contributed by atoms with Gasteiger partial charge in [-0.2, -0.15) is 5.10 Å². The van der Waals surface area contributed by atoms with Crippen LogP contribution in [0.4, 0.5) is 0 Å². The number of aromatic hydroxyl groups is 2. The smallest absolute Gasteiger partial charge is 0.251 e. The number of phenols is 2. The Bertz CT molecular complexity index is 1160. The van der Waals surface area contributed by atoms with Gasteiger partial charge < -0.3 is 20.4 Å². The Morgan fingerprint density at radius 3 is 2.68 bits per heavy atom. The number of H-pyrrole nitrogens is 1. The number of amides is 2. The van der Waals surface area contributed by atoms with Crippen molar-refractivity contribution in [1.82, 2.24) is 20.4 Å². The average molecular weight is 506 g/mol. The van der Waals surface area contributed by atoms with Crippen LogP contribution in [-0.4, -0.2) is 50.2 Å². The normalized spacial score (nSPS) is 13.0. The zero-order valence-electron chi connectivity index (χ0n) is 16.2. The fraction of sp³-hybridized carbons (Fsp3) is 0.190. The van der Waals surface area contributed by atoms with Crippen LogP contribution in [0, 0.1) is 0 Å². The molecule has 0 saturated heterocycles. The van der Waals surface area contributed by atoms with Gasteiger partial charge in [0.1, 0.15) is 17.2 Å². The topological polar surface area (TPSA) is 119 Å². The lowest BCUT2D eigenvalue weighted by molar-refractivity contribution is -0.131. The van der Waals surface area contributed by atoms with Crippen molar-refractivity contribution in [2.75, 3.05) is 13.1 Å². The second-order valence-electron chi connectivity index (χ2n) is 7.10. The molecule has 2 aromatic carbocycles. The molecule has 1 aliphatic rings. The van der Waals surface area contributed by atoms with E-state index < -0.39 is 0 Å². The second-order valence-corrected chi connectivity index (χ2v) is 8.43. The van der Waals surface area contributed by atoms with Gasteiger partial charge in [0.2, 0.25) is 5.91 Å². The number of carbonyl (C=O) groups is 2. The first-order valence-electron chi connectivity index (χ1n) is 9.43. The molecule has 160 valence electrons. The molecule has 4 N–H and O–H groups in total. The maximum atomic E-state index is 12.7. The van der Waals surface area contributed by atoms with E-state index in [4.69, 9.17) is 11.6 Å². The van der Waals surface area contributed by atoms with Crippen molar-refractivity contribution in [3.05, 3.63) is 62.7 Å². The molecule has 0 radical (unpaired) electrons. The van der Waals surface area contributed by atoms with Gasteiger partial charge in [0.15, 0.2) is 0 Å². The van der Waals surface area contributed by atoms with Crippen LogP contribution in [0.15, 0.2) is 40.9 Å². The van der Waals surface area contributed by atoms with E-state index in [1.54, 1.807) is 29.2 Å². The largest absolute Gasteiger partial charge is 0.507 e. The summed E-state index contributed by atoms with van der Waals surface area (Å²) in [4.78, 5) is 26.6. The van der Waals surface area contributed by atoms with Crippen molar-refractivity contribution in [1.29, 1.82) is 0 Å². The molecule has 4 rings (SSSR count). The zero-order chi connectivity index (χ0) is 22.1. The summed E-state index contributed by atoms with van der Waals surface area (Å²) in [6.07, 6.45) is 0.557. The molecule has 0 bridgehead atoms. The van der Waals surface area contributed by atoms with E-state index >= 15 is 0 Å². The highest BCUT2D eigenvalue weighted by Crippen LogP contribution is 2.39. The molecule has 1 aliphatic heterocycles. The SMILES string of the molecule is O=C(NCC(=O)N1CCc2[nH]nc(-c3cc(Cl)c(O)cc3O)c2C1)c1ccc(Br)cc1. The highest BCUT2D eigenvalue weighted by Gasteiger charge is 2.27. The number of hydrogen-bond acceptors (Lipinski definition) is 5. The molecule has 0 fully saturated rings. The van der Waals surface area contributed by atoms with Gasteiger partial charge in [0.25, 0.3) is 5.91 Å². The van der Waals surface area contributed by atoms with Gasteiger partial charge in [-0.1, -0.05) is 27.5 Å². The third-order valence-corrected chi connectivity index (χ3v) is 5.94. The summed E-state index contributed by atoms with van der Waals surface area (Å²) in [6.45, 7) is 0.615. The lowest BCUT2D eigenvalue weighted by Crippen LogP contribution is -2.42. The van der Waals surface area contributed by atoms with Crippen LogP contribution in [0.5, 0.6) is 11.5 Å². The van der Waals surface area contributed by atoms with Crippen LogP contribution in [0.3, 0.4) is 0 Å². The van der Waals surface area contributed by atoms with Crippen molar-refractivity contribution >= 4 is 39.3 Å². The molecule has 10 heteroatoms. The molecular formula is C21H18BrClN4O4. The van der Waals surface area contributed by atoms with E-state index in [-0.39, 0.29) is 41.4 Å². The van der Waals surface area contributed by atoms with E-state index in [1.807, 2.05) is 0 Å². The fourth-order valence-corrected chi connectivity index (χ4v) is 3.87. The Morgan fingerprint density at radius 1 is 1.19 bits per heavy atom. The van der Waals surface area contributed by atoms with Crippen LogP contribution < -0.4 is 5.32 Å². The quantitative estimate of drug-likeness (QED) is 0.434. The number of fused-ring (bicyclic) bond motifs is 1. The molecule has 0 aliphatic carbocycles. The Labute approximate surface area is 191 Å². The van der Waals surface area contributed by atoms with Gasteiger partial charge in [-0.25, -0.2) is 0 Å². The summed E-state index contributed by atoms with van der Waals surface area (Å²) in [7, 11) is 0. The lowest BCUT2D eigenvalue weighted by Gasteiger charge is -2.27. The van der Waals surface area contributed by atoms with Crippen LogP contribution in [0.1, 0.15) is 21.6 Å². The summed E-state index contributed by atoms with van der Waals surface area (Å²) in [5.74, 6) is -0.950. The van der Waals surface area contributed by atoms with Crippen LogP contribution >= 0.6 is 27.5 Å². The summed E-state index contributed by atoms with van der Waals surface area (Å²) < 4.78 is 0.862.